The van der Waals surface area contributed by atoms with Crippen molar-refractivity contribution in [3.8, 4) is 17.2 Å². The Hall–Kier alpha value is -1.91. The van der Waals surface area contributed by atoms with Crippen LogP contribution in [0.2, 0.25) is 0 Å². The van der Waals surface area contributed by atoms with Gasteiger partial charge in [-0.2, -0.15) is 0 Å². The average Bonchev–Trinajstić information content (AvgIpc) is 3.28. The molecule has 0 aromatic heterocycles. The summed E-state index contributed by atoms with van der Waals surface area (Å²) in [6.45, 7) is 9.40. The first-order valence-corrected chi connectivity index (χ1v) is 10.4. The summed E-state index contributed by atoms with van der Waals surface area (Å²) < 4.78 is 17.2. The summed E-state index contributed by atoms with van der Waals surface area (Å²) in [5.41, 5.74) is 0.556. The molecule has 5 nitrogen and oxygen atoms in total. The maximum Gasteiger partial charge on any atom is 0.251 e. The van der Waals surface area contributed by atoms with Crippen LogP contribution < -0.4 is 19.5 Å². The van der Waals surface area contributed by atoms with E-state index < -0.39 is 0 Å². The standard InChI is InChI=1S/C22H33NO4/c1-5-25-19-12-17(13-20(26-6-2)21(19)27-7-3)22(24)23-14(4)18-11-15-8-9-16(18)10-15/h12-16,18H,5-11H2,1-4H3,(H,23,24)/t14-,15-,16-,18+/m0/s1. The second kappa shape index (κ2) is 8.85. The van der Waals surface area contributed by atoms with Crippen LogP contribution in [0, 0.1) is 17.8 Å². The first kappa shape index (κ1) is 19.8. The first-order valence-electron chi connectivity index (χ1n) is 10.4. The van der Waals surface area contributed by atoms with Gasteiger partial charge in [0.05, 0.1) is 19.8 Å². The molecule has 2 aliphatic carbocycles. The molecule has 2 aliphatic rings. The molecule has 1 aromatic rings. The van der Waals surface area contributed by atoms with Crippen LogP contribution in [0.25, 0.3) is 0 Å². The van der Waals surface area contributed by atoms with E-state index in [0.717, 1.165) is 11.8 Å². The lowest BCUT2D eigenvalue weighted by molar-refractivity contribution is 0.0914. The number of ether oxygens (including phenoxy) is 3. The molecule has 5 heteroatoms. The largest absolute Gasteiger partial charge is 0.490 e. The summed E-state index contributed by atoms with van der Waals surface area (Å²) in [5, 5.41) is 3.22. The monoisotopic (exact) mass is 375 g/mol. The summed E-state index contributed by atoms with van der Waals surface area (Å²) in [5.74, 6) is 3.87. The predicted molar refractivity (Wildman–Crippen MR) is 106 cm³/mol. The van der Waals surface area contributed by atoms with Crippen LogP contribution in [0.3, 0.4) is 0 Å². The van der Waals surface area contributed by atoms with Gasteiger partial charge in [-0.25, -0.2) is 0 Å². The fraction of sp³-hybridized carbons (Fsp3) is 0.682. The van der Waals surface area contributed by atoms with Gasteiger partial charge in [-0.3, -0.25) is 4.79 Å². The minimum absolute atomic E-state index is 0.0739. The molecule has 0 heterocycles. The lowest BCUT2D eigenvalue weighted by Gasteiger charge is -2.28. The molecule has 0 saturated heterocycles. The predicted octanol–water partition coefficient (Wildman–Crippen LogP) is 4.44. The average molecular weight is 376 g/mol. The van der Waals surface area contributed by atoms with Crippen LogP contribution in [-0.4, -0.2) is 31.8 Å². The van der Waals surface area contributed by atoms with Gasteiger partial charge in [0.1, 0.15) is 0 Å². The summed E-state index contributed by atoms with van der Waals surface area (Å²) in [4.78, 5) is 12.9. The Bertz CT molecular complexity index is 633. The molecule has 3 rings (SSSR count). The Morgan fingerprint density at radius 2 is 1.67 bits per heavy atom. The Labute approximate surface area is 162 Å². The number of carbonyl (C=O) groups is 1. The highest BCUT2D eigenvalue weighted by atomic mass is 16.5. The van der Waals surface area contributed by atoms with E-state index in [9.17, 15) is 4.79 Å². The molecule has 2 bridgehead atoms. The molecule has 1 aromatic carbocycles. The Morgan fingerprint density at radius 1 is 1.04 bits per heavy atom. The third kappa shape index (κ3) is 4.33. The molecule has 27 heavy (non-hydrogen) atoms. The molecule has 1 N–H and O–H groups in total. The normalized spacial score (nSPS) is 24.5. The summed E-state index contributed by atoms with van der Waals surface area (Å²) >= 11 is 0. The van der Waals surface area contributed by atoms with E-state index in [0.29, 0.717) is 48.6 Å². The van der Waals surface area contributed by atoms with Crippen LogP contribution in [0.15, 0.2) is 12.1 Å². The molecule has 150 valence electrons. The summed E-state index contributed by atoms with van der Waals surface area (Å²) in [6, 6.07) is 3.71. The third-order valence-electron chi connectivity index (χ3n) is 5.97. The van der Waals surface area contributed by atoms with Crippen molar-refractivity contribution in [3.63, 3.8) is 0 Å². The van der Waals surface area contributed by atoms with Crippen molar-refractivity contribution in [2.24, 2.45) is 17.8 Å². The quantitative estimate of drug-likeness (QED) is 0.693. The lowest BCUT2D eigenvalue weighted by atomic mass is 9.84. The van der Waals surface area contributed by atoms with Crippen molar-refractivity contribution in [2.45, 2.75) is 59.4 Å². The van der Waals surface area contributed by atoms with Gasteiger partial charge in [0, 0.05) is 11.6 Å². The van der Waals surface area contributed by atoms with Gasteiger partial charge in [-0.1, -0.05) is 6.42 Å². The van der Waals surface area contributed by atoms with E-state index in [4.69, 9.17) is 14.2 Å². The third-order valence-corrected chi connectivity index (χ3v) is 5.97. The van der Waals surface area contributed by atoms with Crippen LogP contribution in [0.1, 0.15) is 63.7 Å². The molecule has 4 atom stereocenters. The number of carbonyl (C=O) groups excluding carboxylic acids is 1. The minimum atomic E-state index is -0.0739. The van der Waals surface area contributed by atoms with E-state index in [2.05, 4.69) is 12.2 Å². The number of rotatable bonds is 9. The van der Waals surface area contributed by atoms with Crippen molar-refractivity contribution in [3.05, 3.63) is 17.7 Å². The van der Waals surface area contributed by atoms with E-state index >= 15 is 0 Å². The Morgan fingerprint density at radius 3 is 2.15 bits per heavy atom. The fourth-order valence-electron chi connectivity index (χ4n) is 4.82. The number of nitrogens with one attached hydrogen (secondary N) is 1. The lowest BCUT2D eigenvalue weighted by Crippen LogP contribution is -2.40. The molecule has 2 saturated carbocycles. The van der Waals surface area contributed by atoms with Crippen molar-refractivity contribution in [2.75, 3.05) is 19.8 Å². The second-order valence-corrected chi connectivity index (χ2v) is 7.70. The molecule has 0 aliphatic heterocycles. The summed E-state index contributed by atoms with van der Waals surface area (Å²) in [6.07, 6.45) is 5.29. The Kier molecular flexibility index (Phi) is 6.51. The van der Waals surface area contributed by atoms with Crippen molar-refractivity contribution in [1.82, 2.24) is 5.32 Å². The number of fused-ring (bicyclic) bond motifs is 2. The maximum atomic E-state index is 12.9. The maximum absolute atomic E-state index is 12.9. The number of hydrogen-bond acceptors (Lipinski definition) is 4. The zero-order valence-corrected chi connectivity index (χ0v) is 17.0. The smallest absolute Gasteiger partial charge is 0.251 e. The molecule has 2 fully saturated rings. The Balaban J connectivity index is 1.78. The molecular formula is C22H33NO4. The number of hydrogen-bond donors (Lipinski definition) is 1. The fourth-order valence-corrected chi connectivity index (χ4v) is 4.82. The van der Waals surface area contributed by atoms with Crippen molar-refractivity contribution >= 4 is 5.91 Å². The van der Waals surface area contributed by atoms with E-state index in [1.54, 1.807) is 12.1 Å². The van der Waals surface area contributed by atoms with Gasteiger partial charge in [0.2, 0.25) is 5.75 Å². The molecule has 0 radical (unpaired) electrons. The topological polar surface area (TPSA) is 56.8 Å². The first-order chi connectivity index (χ1) is 13.1. The second-order valence-electron chi connectivity index (χ2n) is 7.70. The minimum Gasteiger partial charge on any atom is -0.490 e. The highest BCUT2D eigenvalue weighted by molar-refractivity contribution is 5.95. The van der Waals surface area contributed by atoms with E-state index in [1.165, 1.54) is 25.7 Å². The van der Waals surface area contributed by atoms with Gasteiger partial charge < -0.3 is 19.5 Å². The van der Waals surface area contributed by atoms with Gasteiger partial charge in [-0.15, -0.1) is 0 Å². The number of benzene rings is 1. The van der Waals surface area contributed by atoms with Crippen molar-refractivity contribution < 1.29 is 19.0 Å². The summed E-state index contributed by atoms with van der Waals surface area (Å²) in [7, 11) is 0. The van der Waals surface area contributed by atoms with Crippen LogP contribution in [0.5, 0.6) is 17.2 Å². The SMILES string of the molecule is CCOc1cc(C(=O)N[C@@H](C)[C@H]2C[C@H]3CC[C@H]2C3)cc(OCC)c1OCC. The molecule has 0 spiro atoms. The van der Waals surface area contributed by atoms with Crippen LogP contribution >= 0.6 is 0 Å². The van der Waals surface area contributed by atoms with Gasteiger partial charge in [0.15, 0.2) is 11.5 Å². The molecule has 0 unspecified atom stereocenters. The highest BCUT2D eigenvalue weighted by Gasteiger charge is 2.42. The zero-order valence-electron chi connectivity index (χ0n) is 17.0. The van der Waals surface area contributed by atoms with Gasteiger partial charge in [-0.05, 0) is 76.8 Å². The van der Waals surface area contributed by atoms with Crippen molar-refractivity contribution in [1.29, 1.82) is 0 Å². The van der Waals surface area contributed by atoms with Gasteiger partial charge >= 0.3 is 0 Å². The van der Waals surface area contributed by atoms with Crippen LogP contribution in [-0.2, 0) is 0 Å². The molecular weight excluding hydrogens is 342 g/mol. The van der Waals surface area contributed by atoms with E-state index in [-0.39, 0.29) is 11.9 Å². The highest BCUT2D eigenvalue weighted by Crippen LogP contribution is 2.49. The zero-order chi connectivity index (χ0) is 19.4. The van der Waals surface area contributed by atoms with Gasteiger partial charge in [0.25, 0.3) is 5.91 Å². The van der Waals surface area contributed by atoms with Crippen LogP contribution in [0.4, 0.5) is 0 Å². The van der Waals surface area contributed by atoms with E-state index in [1.807, 2.05) is 20.8 Å². The number of amides is 1. The molecule has 1 amide bonds.